The first-order valence-electron chi connectivity index (χ1n) is 6.26. The molecule has 0 bridgehead atoms. The summed E-state index contributed by atoms with van der Waals surface area (Å²) < 4.78 is 0. The lowest BCUT2D eigenvalue weighted by Gasteiger charge is -2.23. The molecule has 1 atom stereocenters. The summed E-state index contributed by atoms with van der Waals surface area (Å²) in [6, 6.07) is 9.46. The van der Waals surface area contributed by atoms with Crippen LogP contribution >= 0.6 is 0 Å². The zero-order valence-corrected chi connectivity index (χ0v) is 10.4. The number of benzene rings is 1. The minimum absolute atomic E-state index is 0.584. The molecule has 0 saturated carbocycles. The third-order valence-electron chi connectivity index (χ3n) is 3.54. The third-order valence-corrected chi connectivity index (χ3v) is 3.54. The van der Waals surface area contributed by atoms with Crippen molar-refractivity contribution in [2.45, 2.75) is 25.8 Å². The summed E-state index contributed by atoms with van der Waals surface area (Å²) in [7, 11) is 2.04. The highest BCUT2D eigenvalue weighted by molar-refractivity contribution is 5.28. The van der Waals surface area contributed by atoms with Crippen LogP contribution < -0.4 is 5.32 Å². The van der Waals surface area contributed by atoms with Crippen molar-refractivity contribution in [3.8, 4) is 0 Å². The molecule has 1 aromatic rings. The summed E-state index contributed by atoms with van der Waals surface area (Å²) in [6.45, 7) is 5.80. The molecule has 16 heavy (non-hydrogen) atoms. The second kappa shape index (κ2) is 5.46. The van der Waals surface area contributed by atoms with Crippen LogP contribution in [0.15, 0.2) is 24.3 Å². The molecule has 1 heterocycles. The van der Waals surface area contributed by atoms with Crippen LogP contribution in [0.3, 0.4) is 0 Å². The third kappa shape index (κ3) is 2.83. The van der Waals surface area contributed by atoms with Gasteiger partial charge in [-0.2, -0.15) is 0 Å². The second-order valence-electron chi connectivity index (χ2n) is 4.76. The predicted molar refractivity (Wildman–Crippen MR) is 68.8 cm³/mol. The first-order chi connectivity index (χ1) is 7.79. The molecule has 1 aromatic carbocycles. The fourth-order valence-corrected chi connectivity index (χ4v) is 2.38. The summed E-state index contributed by atoms with van der Waals surface area (Å²) in [5.41, 5.74) is 3.09. The van der Waals surface area contributed by atoms with Gasteiger partial charge < -0.3 is 10.2 Å². The van der Waals surface area contributed by atoms with Crippen LogP contribution in [-0.4, -0.2) is 37.6 Å². The van der Waals surface area contributed by atoms with Gasteiger partial charge in [-0.05, 0) is 37.9 Å². The molecular weight excluding hydrogens is 196 g/mol. The van der Waals surface area contributed by atoms with E-state index >= 15 is 0 Å². The van der Waals surface area contributed by atoms with E-state index in [1.165, 1.54) is 25.9 Å². The van der Waals surface area contributed by atoms with Crippen LogP contribution in [0.4, 0.5) is 0 Å². The molecule has 2 heteroatoms. The molecular formula is C14H22N2. The molecule has 1 aliphatic rings. The van der Waals surface area contributed by atoms with E-state index in [2.05, 4.69) is 41.4 Å². The Balaban J connectivity index is 1.97. The standard InChI is InChI=1S/C14H22N2/c1-12(15-2)11-16-9-7-13-5-3-4-6-14(13)8-10-16/h3-6,12,15H,7-11H2,1-2H3. The fourth-order valence-electron chi connectivity index (χ4n) is 2.38. The number of nitrogens with one attached hydrogen (secondary N) is 1. The van der Waals surface area contributed by atoms with Crippen molar-refractivity contribution in [1.82, 2.24) is 10.2 Å². The Labute approximate surface area is 98.7 Å². The molecule has 0 aliphatic carbocycles. The summed E-state index contributed by atoms with van der Waals surface area (Å²) in [6.07, 6.45) is 2.40. The maximum Gasteiger partial charge on any atom is 0.0163 e. The monoisotopic (exact) mass is 218 g/mol. The predicted octanol–water partition coefficient (Wildman–Crippen LogP) is 1.70. The zero-order chi connectivity index (χ0) is 11.4. The summed E-state index contributed by atoms with van der Waals surface area (Å²) in [5, 5.41) is 3.31. The second-order valence-corrected chi connectivity index (χ2v) is 4.76. The average molecular weight is 218 g/mol. The minimum atomic E-state index is 0.584. The highest BCUT2D eigenvalue weighted by Gasteiger charge is 2.14. The lowest BCUT2D eigenvalue weighted by molar-refractivity contribution is 0.262. The van der Waals surface area contributed by atoms with Crippen molar-refractivity contribution < 1.29 is 0 Å². The van der Waals surface area contributed by atoms with Gasteiger partial charge in [0.25, 0.3) is 0 Å². The van der Waals surface area contributed by atoms with Gasteiger partial charge in [-0.15, -0.1) is 0 Å². The van der Waals surface area contributed by atoms with E-state index in [0.29, 0.717) is 6.04 Å². The smallest absolute Gasteiger partial charge is 0.0163 e. The van der Waals surface area contributed by atoms with Gasteiger partial charge in [0.2, 0.25) is 0 Å². The van der Waals surface area contributed by atoms with Crippen molar-refractivity contribution in [3.05, 3.63) is 35.4 Å². The molecule has 0 fully saturated rings. The molecule has 0 spiro atoms. The lowest BCUT2D eigenvalue weighted by Crippen LogP contribution is -2.38. The van der Waals surface area contributed by atoms with Crippen LogP contribution in [0.1, 0.15) is 18.1 Å². The Morgan fingerprint density at radius 3 is 2.25 bits per heavy atom. The van der Waals surface area contributed by atoms with E-state index in [1.807, 2.05) is 7.05 Å². The van der Waals surface area contributed by atoms with Gasteiger partial charge in [0.1, 0.15) is 0 Å². The summed E-state index contributed by atoms with van der Waals surface area (Å²) >= 11 is 0. The highest BCUT2D eigenvalue weighted by Crippen LogP contribution is 2.15. The van der Waals surface area contributed by atoms with E-state index in [1.54, 1.807) is 11.1 Å². The molecule has 1 N–H and O–H groups in total. The maximum atomic E-state index is 3.31. The highest BCUT2D eigenvalue weighted by atomic mass is 15.1. The Morgan fingerprint density at radius 2 is 1.75 bits per heavy atom. The quantitative estimate of drug-likeness (QED) is 0.830. The Kier molecular flexibility index (Phi) is 3.97. The van der Waals surface area contributed by atoms with Crippen LogP contribution in [0.2, 0.25) is 0 Å². The minimum Gasteiger partial charge on any atom is -0.316 e. The van der Waals surface area contributed by atoms with E-state index < -0.39 is 0 Å². The molecule has 0 radical (unpaired) electrons. The van der Waals surface area contributed by atoms with Gasteiger partial charge >= 0.3 is 0 Å². The molecule has 88 valence electrons. The Bertz CT molecular complexity index is 308. The van der Waals surface area contributed by atoms with Crippen molar-refractivity contribution in [3.63, 3.8) is 0 Å². The normalized spacial score (nSPS) is 18.9. The van der Waals surface area contributed by atoms with Crippen molar-refractivity contribution in [2.24, 2.45) is 0 Å². The van der Waals surface area contributed by atoms with E-state index in [-0.39, 0.29) is 0 Å². The largest absolute Gasteiger partial charge is 0.316 e. The van der Waals surface area contributed by atoms with Gasteiger partial charge in [0, 0.05) is 25.7 Å². The number of rotatable bonds is 3. The topological polar surface area (TPSA) is 15.3 Å². The van der Waals surface area contributed by atoms with Crippen LogP contribution in [0.25, 0.3) is 0 Å². The summed E-state index contributed by atoms with van der Waals surface area (Å²) in [5.74, 6) is 0. The molecule has 0 saturated heterocycles. The average Bonchev–Trinajstić information content (AvgIpc) is 2.52. The van der Waals surface area contributed by atoms with E-state index in [0.717, 1.165) is 6.54 Å². The Morgan fingerprint density at radius 1 is 1.19 bits per heavy atom. The zero-order valence-electron chi connectivity index (χ0n) is 10.4. The van der Waals surface area contributed by atoms with Crippen molar-refractivity contribution >= 4 is 0 Å². The van der Waals surface area contributed by atoms with Crippen molar-refractivity contribution in [1.29, 1.82) is 0 Å². The van der Waals surface area contributed by atoms with Gasteiger partial charge in [-0.3, -0.25) is 0 Å². The fraction of sp³-hybridized carbons (Fsp3) is 0.571. The number of hydrogen-bond acceptors (Lipinski definition) is 2. The van der Waals surface area contributed by atoms with E-state index in [4.69, 9.17) is 0 Å². The number of fused-ring (bicyclic) bond motifs is 1. The van der Waals surface area contributed by atoms with E-state index in [9.17, 15) is 0 Å². The molecule has 2 rings (SSSR count). The maximum absolute atomic E-state index is 3.31. The molecule has 1 unspecified atom stereocenters. The molecule has 1 aliphatic heterocycles. The number of likely N-dealkylation sites (N-methyl/N-ethyl adjacent to an activating group) is 1. The molecule has 0 amide bonds. The summed E-state index contributed by atoms with van der Waals surface area (Å²) in [4.78, 5) is 2.57. The first kappa shape index (κ1) is 11.6. The van der Waals surface area contributed by atoms with Crippen LogP contribution in [0, 0.1) is 0 Å². The number of nitrogens with zero attached hydrogens (tertiary/aromatic N) is 1. The lowest BCUT2D eigenvalue weighted by atomic mass is 10.0. The van der Waals surface area contributed by atoms with Crippen LogP contribution in [-0.2, 0) is 12.8 Å². The van der Waals surface area contributed by atoms with Gasteiger partial charge in [0.15, 0.2) is 0 Å². The molecule has 0 aromatic heterocycles. The van der Waals surface area contributed by atoms with Gasteiger partial charge in [0.05, 0.1) is 0 Å². The van der Waals surface area contributed by atoms with Gasteiger partial charge in [-0.1, -0.05) is 24.3 Å². The number of hydrogen-bond donors (Lipinski definition) is 1. The van der Waals surface area contributed by atoms with Crippen molar-refractivity contribution in [2.75, 3.05) is 26.7 Å². The van der Waals surface area contributed by atoms with Crippen LogP contribution in [0.5, 0.6) is 0 Å². The first-order valence-corrected chi connectivity index (χ1v) is 6.26. The van der Waals surface area contributed by atoms with Gasteiger partial charge in [-0.25, -0.2) is 0 Å². The SMILES string of the molecule is CNC(C)CN1CCc2ccccc2CC1. The Hall–Kier alpha value is -0.860. The molecule has 2 nitrogen and oxygen atoms in total.